The van der Waals surface area contributed by atoms with E-state index in [1.807, 2.05) is 22.6 Å². The summed E-state index contributed by atoms with van der Waals surface area (Å²) in [6.45, 7) is 0. The third-order valence-electron chi connectivity index (χ3n) is 2.04. The van der Waals surface area contributed by atoms with E-state index in [-0.39, 0.29) is 11.7 Å². The fraction of sp³-hybridized carbons (Fsp3) is 0. The highest BCUT2D eigenvalue weighted by Gasteiger charge is 2.11. The molecule has 0 aliphatic heterocycles. The van der Waals surface area contributed by atoms with Crippen LogP contribution in [0.25, 0.3) is 0 Å². The van der Waals surface area contributed by atoms with Crippen LogP contribution in [0.15, 0.2) is 35.2 Å². The van der Waals surface area contributed by atoms with E-state index < -0.39 is 0 Å². The normalized spacial score (nSPS) is 10.2. The van der Waals surface area contributed by atoms with Gasteiger partial charge in [-0.25, -0.2) is 14.4 Å². The van der Waals surface area contributed by atoms with Crippen molar-refractivity contribution >= 4 is 50.2 Å². The van der Waals surface area contributed by atoms with Crippen LogP contribution in [-0.2, 0) is 0 Å². The summed E-state index contributed by atoms with van der Waals surface area (Å²) in [6.07, 6.45) is 2.91. The lowest BCUT2D eigenvalue weighted by atomic mass is 10.2. The van der Waals surface area contributed by atoms with Crippen molar-refractivity contribution in [3.8, 4) is 0 Å². The summed E-state index contributed by atoms with van der Waals surface area (Å²) in [5.74, 6) is -0.390. The van der Waals surface area contributed by atoms with Gasteiger partial charge in [0.05, 0.1) is 18.0 Å². The quantitative estimate of drug-likeness (QED) is 0.757. The van der Waals surface area contributed by atoms with Crippen molar-refractivity contribution in [2.75, 3.05) is 5.32 Å². The average Bonchev–Trinajstić information content (AvgIpc) is 2.32. The molecule has 92 valence electrons. The van der Waals surface area contributed by atoms with E-state index in [4.69, 9.17) is 0 Å². The van der Waals surface area contributed by atoms with Crippen molar-refractivity contribution in [1.82, 2.24) is 9.97 Å². The standard InChI is InChI=1S/C11H6BrFIN3O/c12-9-4-16-10(5-15-9)17-11(18)7-2-1-6(13)3-8(7)14/h1-5H,(H,16,17,18). The predicted molar refractivity (Wildman–Crippen MR) is 76.8 cm³/mol. The number of halogens is 3. The molecule has 0 unspecified atom stereocenters. The van der Waals surface area contributed by atoms with E-state index in [9.17, 15) is 9.18 Å². The number of amides is 1. The van der Waals surface area contributed by atoms with Crippen LogP contribution in [0.5, 0.6) is 0 Å². The zero-order chi connectivity index (χ0) is 13.1. The van der Waals surface area contributed by atoms with Crippen molar-refractivity contribution in [3.63, 3.8) is 0 Å². The first kappa shape index (κ1) is 13.3. The van der Waals surface area contributed by atoms with E-state index in [0.29, 0.717) is 19.6 Å². The fourth-order valence-electron chi connectivity index (χ4n) is 1.23. The summed E-state index contributed by atoms with van der Waals surface area (Å²) in [7, 11) is 0. The van der Waals surface area contributed by atoms with Gasteiger partial charge in [-0.05, 0) is 56.7 Å². The van der Waals surface area contributed by atoms with Gasteiger partial charge in [-0.3, -0.25) is 4.79 Å². The molecule has 1 amide bonds. The molecule has 18 heavy (non-hydrogen) atoms. The van der Waals surface area contributed by atoms with Crippen molar-refractivity contribution in [3.05, 3.63) is 50.1 Å². The molecule has 0 radical (unpaired) electrons. The summed E-state index contributed by atoms with van der Waals surface area (Å²) in [5, 5.41) is 2.59. The Morgan fingerprint density at radius 1 is 1.33 bits per heavy atom. The summed E-state index contributed by atoms with van der Waals surface area (Å²) < 4.78 is 14.0. The highest BCUT2D eigenvalue weighted by Crippen LogP contribution is 2.15. The van der Waals surface area contributed by atoms with Crippen molar-refractivity contribution in [2.24, 2.45) is 0 Å². The minimum absolute atomic E-state index is 0.336. The summed E-state index contributed by atoms with van der Waals surface area (Å²) in [5.41, 5.74) is 0.390. The Bertz CT molecular complexity index is 591. The maximum atomic E-state index is 12.9. The van der Waals surface area contributed by atoms with Gasteiger partial charge in [-0.15, -0.1) is 0 Å². The lowest BCUT2D eigenvalue weighted by Gasteiger charge is -2.05. The number of carbonyl (C=O) groups excluding carboxylic acids is 1. The lowest BCUT2D eigenvalue weighted by Crippen LogP contribution is -2.14. The number of carbonyl (C=O) groups is 1. The number of benzene rings is 1. The first-order valence-electron chi connectivity index (χ1n) is 4.80. The van der Waals surface area contributed by atoms with Gasteiger partial charge in [0.15, 0.2) is 5.82 Å². The summed E-state index contributed by atoms with van der Waals surface area (Å²) in [6, 6.07) is 3.96. The Kier molecular flexibility index (Phi) is 4.23. The Hall–Kier alpha value is -1.09. The molecule has 0 bridgehead atoms. The van der Waals surface area contributed by atoms with Gasteiger partial charge < -0.3 is 5.32 Å². The second-order valence-corrected chi connectivity index (χ2v) is 5.28. The Morgan fingerprint density at radius 3 is 2.72 bits per heavy atom. The molecule has 1 aromatic carbocycles. The average molecular weight is 422 g/mol. The van der Waals surface area contributed by atoms with E-state index in [1.165, 1.54) is 30.6 Å². The van der Waals surface area contributed by atoms with E-state index in [2.05, 4.69) is 31.2 Å². The Balaban J connectivity index is 2.19. The highest BCUT2D eigenvalue weighted by atomic mass is 127. The minimum atomic E-state index is -0.376. The van der Waals surface area contributed by atoms with Crippen LogP contribution in [0, 0.1) is 9.39 Å². The van der Waals surface area contributed by atoms with Crippen LogP contribution in [0.3, 0.4) is 0 Å². The monoisotopic (exact) mass is 421 g/mol. The lowest BCUT2D eigenvalue weighted by molar-refractivity contribution is 0.102. The number of nitrogens with zero attached hydrogens (tertiary/aromatic N) is 2. The molecule has 0 aliphatic rings. The number of hydrogen-bond acceptors (Lipinski definition) is 3. The summed E-state index contributed by atoms with van der Waals surface area (Å²) >= 11 is 5.05. The van der Waals surface area contributed by atoms with Crippen LogP contribution in [0.1, 0.15) is 10.4 Å². The maximum Gasteiger partial charge on any atom is 0.257 e. The predicted octanol–water partition coefficient (Wildman–Crippen LogP) is 3.24. The first-order chi connectivity index (χ1) is 8.56. The molecule has 7 heteroatoms. The molecular weight excluding hydrogens is 416 g/mol. The number of rotatable bonds is 2. The zero-order valence-corrected chi connectivity index (χ0v) is 12.6. The van der Waals surface area contributed by atoms with Crippen LogP contribution < -0.4 is 5.32 Å². The minimum Gasteiger partial charge on any atom is -0.305 e. The molecule has 0 saturated heterocycles. The van der Waals surface area contributed by atoms with Gasteiger partial charge in [0.1, 0.15) is 10.4 Å². The maximum absolute atomic E-state index is 12.9. The van der Waals surface area contributed by atoms with Gasteiger partial charge in [-0.1, -0.05) is 0 Å². The van der Waals surface area contributed by atoms with E-state index >= 15 is 0 Å². The first-order valence-corrected chi connectivity index (χ1v) is 6.67. The van der Waals surface area contributed by atoms with Crippen LogP contribution in [0.2, 0.25) is 0 Å². The molecule has 2 rings (SSSR count). The molecule has 0 saturated carbocycles. The fourth-order valence-corrected chi connectivity index (χ4v) is 2.16. The number of aromatic nitrogens is 2. The number of nitrogens with one attached hydrogen (secondary N) is 1. The van der Waals surface area contributed by atoms with E-state index in [1.54, 1.807) is 0 Å². The smallest absolute Gasteiger partial charge is 0.257 e. The second-order valence-electron chi connectivity index (χ2n) is 3.30. The van der Waals surface area contributed by atoms with Gasteiger partial charge in [0.25, 0.3) is 5.91 Å². The van der Waals surface area contributed by atoms with Gasteiger partial charge >= 0.3 is 0 Å². The second kappa shape index (κ2) is 5.70. The van der Waals surface area contributed by atoms with Gasteiger partial charge in [-0.2, -0.15) is 0 Å². The van der Waals surface area contributed by atoms with Crippen LogP contribution >= 0.6 is 38.5 Å². The molecule has 1 aromatic heterocycles. The third kappa shape index (κ3) is 3.22. The molecule has 1 N–H and O–H groups in total. The molecule has 0 fully saturated rings. The highest BCUT2D eigenvalue weighted by molar-refractivity contribution is 14.1. The SMILES string of the molecule is O=C(Nc1cnc(Br)cn1)c1ccc(F)cc1I. The molecule has 4 nitrogen and oxygen atoms in total. The van der Waals surface area contributed by atoms with Gasteiger partial charge in [0, 0.05) is 3.57 Å². The molecule has 0 atom stereocenters. The van der Waals surface area contributed by atoms with Crippen LogP contribution in [0.4, 0.5) is 10.2 Å². The largest absolute Gasteiger partial charge is 0.305 e. The van der Waals surface area contributed by atoms with E-state index in [0.717, 1.165) is 0 Å². The number of anilines is 1. The molecule has 1 heterocycles. The Morgan fingerprint density at radius 2 is 2.11 bits per heavy atom. The molecular formula is C11H6BrFIN3O. The van der Waals surface area contributed by atoms with Gasteiger partial charge in [0.2, 0.25) is 0 Å². The van der Waals surface area contributed by atoms with Crippen molar-refractivity contribution < 1.29 is 9.18 Å². The van der Waals surface area contributed by atoms with Crippen LogP contribution in [-0.4, -0.2) is 15.9 Å². The topological polar surface area (TPSA) is 54.9 Å². The molecule has 0 aliphatic carbocycles. The molecule has 0 spiro atoms. The Labute approximate surface area is 124 Å². The van der Waals surface area contributed by atoms with Crippen molar-refractivity contribution in [2.45, 2.75) is 0 Å². The molecule has 2 aromatic rings. The summed E-state index contributed by atoms with van der Waals surface area (Å²) in [4.78, 5) is 19.8. The third-order valence-corrected chi connectivity index (χ3v) is 3.34. The number of hydrogen-bond donors (Lipinski definition) is 1. The zero-order valence-electron chi connectivity index (χ0n) is 8.82. The van der Waals surface area contributed by atoms with Crippen molar-refractivity contribution in [1.29, 1.82) is 0 Å².